The van der Waals surface area contributed by atoms with Crippen LogP contribution in [-0.4, -0.2) is 55.3 Å². The van der Waals surface area contributed by atoms with Crippen molar-refractivity contribution >= 4 is 11.7 Å². The van der Waals surface area contributed by atoms with E-state index < -0.39 is 0 Å². The van der Waals surface area contributed by atoms with Gasteiger partial charge in [0.15, 0.2) is 5.78 Å². The van der Waals surface area contributed by atoms with Crippen LogP contribution < -0.4 is 4.74 Å². The second kappa shape index (κ2) is 8.97. The number of hydrogen-bond donors (Lipinski definition) is 0. The quantitative estimate of drug-likeness (QED) is 0.717. The van der Waals surface area contributed by atoms with Gasteiger partial charge in [0.05, 0.1) is 13.2 Å². The van der Waals surface area contributed by atoms with Gasteiger partial charge in [-0.2, -0.15) is 0 Å². The Morgan fingerprint density at radius 2 is 1.71 bits per heavy atom. The minimum atomic E-state index is -0.271. The number of carbonyl (C=O) groups is 2. The van der Waals surface area contributed by atoms with Crippen LogP contribution in [0.3, 0.4) is 0 Å². The summed E-state index contributed by atoms with van der Waals surface area (Å²) in [6.07, 6.45) is 0.365. The average molecular weight is 384 g/mol. The molecule has 1 aliphatic heterocycles. The molecule has 1 heterocycles. The van der Waals surface area contributed by atoms with Crippen LogP contribution >= 0.6 is 0 Å². The Labute approximate surface area is 164 Å². The summed E-state index contributed by atoms with van der Waals surface area (Å²) in [6, 6.07) is 13.3. The minimum absolute atomic E-state index is 0.0237. The molecule has 2 aromatic rings. The van der Waals surface area contributed by atoms with Crippen molar-refractivity contribution in [2.45, 2.75) is 18.9 Å². The van der Waals surface area contributed by atoms with E-state index in [1.807, 2.05) is 7.05 Å². The number of benzene rings is 2. The van der Waals surface area contributed by atoms with Gasteiger partial charge in [0.2, 0.25) is 5.91 Å². The average Bonchev–Trinajstić information content (AvgIpc) is 2.73. The van der Waals surface area contributed by atoms with E-state index in [9.17, 15) is 14.0 Å². The molecule has 1 fully saturated rings. The fourth-order valence-corrected chi connectivity index (χ4v) is 3.44. The van der Waals surface area contributed by atoms with Crippen molar-refractivity contribution in [3.8, 4) is 5.75 Å². The van der Waals surface area contributed by atoms with Gasteiger partial charge in [-0.3, -0.25) is 14.5 Å². The summed E-state index contributed by atoms with van der Waals surface area (Å²) in [6.45, 7) is 1.90. The number of carbonyl (C=O) groups excluding carboxylic acids is 2. The van der Waals surface area contributed by atoms with Gasteiger partial charge in [-0.05, 0) is 49.0 Å². The van der Waals surface area contributed by atoms with E-state index in [1.165, 1.54) is 12.1 Å². The van der Waals surface area contributed by atoms with E-state index in [1.54, 1.807) is 48.4 Å². The van der Waals surface area contributed by atoms with Crippen molar-refractivity contribution < 1.29 is 18.7 Å². The molecule has 0 radical (unpaired) electrons. The predicted octanol–water partition coefficient (Wildman–Crippen LogP) is 3.31. The number of ketones is 1. The Hall–Kier alpha value is -2.73. The third-order valence-electron chi connectivity index (χ3n) is 5.23. The van der Waals surface area contributed by atoms with Crippen molar-refractivity contribution in [3.05, 3.63) is 65.5 Å². The Kier molecular flexibility index (Phi) is 6.41. The molecule has 0 spiro atoms. The van der Waals surface area contributed by atoms with Crippen LogP contribution in [0, 0.1) is 5.82 Å². The SMILES string of the molecule is COc1ccc(C(=O)CCC(=O)N2CCN(C)C(c3ccc(F)cc3)C2)cc1. The highest BCUT2D eigenvalue weighted by Gasteiger charge is 2.28. The van der Waals surface area contributed by atoms with Crippen LogP contribution in [0.2, 0.25) is 0 Å². The Morgan fingerprint density at radius 3 is 2.36 bits per heavy atom. The summed E-state index contributed by atoms with van der Waals surface area (Å²) >= 11 is 0. The smallest absolute Gasteiger partial charge is 0.223 e. The molecule has 1 atom stereocenters. The third-order valence-corrected chi connectivity index (χ3v) is 5.23. The summed E-state index contributed by atoms with van der Waals surface area (Å²) in [7, 11) is 3.58. The van der Waals surface area contributed by atoms with Crippen molar-refractivity contribution in [1.29, 1.82) is 0 Å². The maximum atomic E-state index is 13.2. The lowest BCUT2D eigenvalue weighted by Gasteiger charge is -2.39. The lowest BCUT2D eigenvalue weighted by atomic mass is 10.0. The highest BCUT2D eigenvalue weighted by molar-refractivity contribution is 5.98. The van der Waals surface area contributed by atoms with Crippen molar-refractivity contribution in [2.75, 3.05) is 33.8 Å². The molecule has 0 N–H and O–H groups in total. The number of methoxy groups -OCH3 is 1. The minimum Gasteiger partial charge on any atom is -0.497 e. The highest BCUT2D eigenvalue weighted by atomic mass is 19.1. The molecule has 28 heavy (non-hydrogen) atoms. The molecule has 1 amide bonds. The lowest BCUT2D eigenvalue weighted by Crippen LogP contribution is -2.49. The van der Waals surface area contributed by atoms with Gasteiger partial charge in [0.25, 0.3) is 0 Å². The Morgan fingerprint density at radius 1 is 1.04 bits per heavy atom. The van der Waals surface area contributed by atoms with Gasteiger partial charge < -0.3 is 9.64 Å². The zero-order valence-electron chi connectivity index (χ0n) is 16.2. The molecule has 5 nitrogen and oxygen atoms in total. The summed E-state index contributed by atoms with van der Waals surface area (Å²) < 4.78 is 18.3. The number of halogens is 1. The van der Waals surface area contributed by atoms with Gasteiger partial charge >= 0.3 is 0 Å². The summed E-state index contributed by atoms with van der Waals surface area (Å²) in [4.78, 5) is 29.0. The number of rotatable bonds is 6. The van der Waals surface area contributed by atoms with Gasteiger partial charge in [-0.15, -0.1) is 0 Å². The number of hydrogen-bond acceptors (Lipinski definition) is 4. The largest absolute Gasteiger partial charge is 0.497 e. The first kappa shape index (κ1) is 20.0. The normalized spacial score (nSPS) is 17.4. The van der Waals surface area contributed by atoms with Crippen LogP contribution in [0.4, 0.5) is 4.39 Å². The zero-order chi connectivity index (χ0) is 20.1. The van der Waals surface area contributed by atoms with Gasteiger partial charge in [0, 0.05) is 38.0 Å². The van der Waals surface area contributed by atoms with Crippen LogP contribution in [0.5, 0.6) is 5.75 Å². The molecule has 1 unspecified atom stereocenters. The van der Waals surface area contributed by atoms with E-state index >= 15 is 0 Å². The summed E-state index contributed by atoms with van der Waals surface area (Å²) in [5, 5.41) is 0. The van der Waals surface area contributed by atoms with E-state index in [0.717, 1.165) is 12.1 Å². The summed E-state index contributed by atoms with van der Waals surface area (Å²) in [5.41, 5.74) is 1.56. The number of Topliss-reactive ketones (excluding diaryl/α,β-unsaturated/α-hetero) is 1. The fourth-order valence-electron chi connectivity index (χ4n) is 3.44. The van der Waals surface area contributed by atoms with Crippen molar-refractivity contribution in [3.63, 3.8) is 0 Å². The lowest BCUT2D eigenvalue weighted by molar-refractivity contribution is -0.134. The van der Waals surface area contributed by atoms with Crippen molar-refractivity contribution in [1.82, 2.24) is 9.80 Å². The van der Waals surface area contributed by atoms with Gasteiger partial charge in [0.1, 0.15) is 11.6 Å². The molecule has 3 rings (SSSR count). The molecule has 6 heteroatoms. The second-order valence-corrected chi connectivity index (χ2v) is 7.04. The molecule has 0 saturated carbocycles. The van der Waals surface area contributed by atoms with E-state index in [2.05, 4.69) is 4.90 Å². The predicted molar refractivity (Wildman–Crippen MR) is 105 cm³/mol. The fraction of sp³-hybridized carbons (Fsp3) is 0.364. The monoisotopic (exact) mass is 384 g/mol. The first-order valence-electron chi connectivity index (χ1n) is 9.38. The molecule has 1 saturated heterocycles. The Bertz CT molecular complexity index is 821. The topological polar surface area (TPSA) is 49.9 Å². The third kappa shape index (κ3) is 4.75. The number of nitrogens with zero attached hydrogens (tertiary/aromatic N) is 2. The van der Waals surface area contributed by atoms with Crippen LogP contribution in [0.1, 0.15) is 34.8 Å². The molecular formula is C22H25FN2O3. The number of ether oxygens (including phenoxy) is 1. The Balaban J connectivity index is 1.57. The maximum Gasteiger partial charge on any atom is 0.223 e. The molecule has 2 aromatic carbocycles. The molecular weight excluding hydrogens is 359 g/mol. The van der Waals surface area contributed by atoms with E-state index in [-0.39, 0.29) is 36.4 Å². The van der Waals surface area contributed by atoms with Crippen LogP contribution in [0.15, 0.2) is 48.5 Å². The standard InChI is InChI=1S/C22H25FN2O3/c1-24-13-14-25(15-20(24)16-3-7-18(23)8-4-16)22(27)12-11-21(26)17-5-9-19(28-2)10-6-17/h3-10,20H,11-15H2,1-2H3. The number of piperazine rings is 1. The first-order valence-corrected chi connectivity index (χ1v) is 9.38. The molecule has 0 aliphatic carbocycles. The van der Waals surface area contributed by atoms with Gasteiger partial charge in [-0.25, -0.2) is 4.39 Å². The van der Waals surface area contributed by atoms with Crippen LogP contribution in [-0.2, 0) is 4.79 Å². The number of amides is 1. The maximum absolute atomic E-state index is 13.2. The second-order valence-electron chi connectivity index (χ2n) is 7.04. The zero-order valence-corrected chi connectivity index (χ0v) is 16.2. The van der Waals surface area contributed by atoms with Crippen LogP contribution in [0.25, 0.3) is 0 Å². The number of likely N-dealkylation sites (N-methyl/N-ethyl adjacent to an activating group) is 1. The molecule has 1 aliphatic rings. The molecule has 0 aromatic heterocycles. The molecule has 148 valence electrons. The highest BCUT2D eigenvalue weighted by Crippen LogP contribution is 2.25. The summed E-state index contributed by atoms with van der Waals surface area (Å²) in [5.74, 6) is 0.339. The van der Waals surface area contributed by atoms with E-state index in [4.69, 9.17) is 4.74 Å². The van der Waals surface area contributed by atoms with Gasteiger partial charge in [-0.1, -0.05) is 12.1 Å². The van der Waals surface area contributed by atoms with E-state index in [0.29, 0.717) is 24.4 Å². The van der Waals surface area contributed by atoms with Crippen molar-refractivity contribution in [2.24, 2.45) is 0 Å². The first-order chi connectivity index (χ1) is 13.5. The molecule has 0 bridgehead atoms.